The van der Waals surface area contributed by atoms with E-state index in [9.17, 15) is 14.0 Å². The minimum Gasteiger partial charge on any atom is -0.376 e. The molecule has 0 aliphatic carbocycles. The van der Waals surface area contributed by atoms with Crippen LogP contribution in [0.15, 0.2) is 36.4 Å². The molecule has 0 spiro atoms. The van der Waals surface area contributed by atoms with Gasteiger partial charge in [0.1, 0.15) is 5.82 Å². The third-order valence-corrected chi connectivity index (χ3v) is 3.78. The molecule has 0 aliphatic heterocycles. The molecule has 0 aromatic heterocycles. The molecule has 0 radical (unpaired) electrons. The minimum atomic E-state index is -0.516. The molecule has 0 bridgehead atoms. The monoisotopic (exact) mass is 363 g/mol. The third-order valence-electron chi connectivity index (χ3n) is 3.49. The normalized spacial score (nSPS) is 10.2. The zero-order chi connectivity index (χ0) is 18.4. The molecule has 25 heavy (non-hydrogen) atoms. The van der Waals surface area contributed by atoms with E-state index in [1.807, 2.05) is 13.0 Å². The van der Waals surface area contributed by atoms with Crippen LogP contribution in [0, 0.1) is 12.7 Å². The number of carbonyl (C=O) groups is 2. The largest absolute Gasteiger partial charge is 0.376 e. The number of carbonyl (C=O) groups excluding carboxylic acids is 2. The molecule has 0 saturated heterocycles. The van der Waals surface area contributed by atoms with Crippen LogP contribution in [-0.4, -0.2) is 18.4 Å². The van der Waals surface area contributed by atoms with Crippen LogP contribution in [0.2, 0.25) is 5.02 Å². The van der Waals surface area contributed by atoms with Crippen LogP contribution in [0.4, 0.5) is 21.5 Å². The van der Waals surface area contributed by atoms with E-state index < -0.39 is 5.82 Å². The molecule has 3 N–H and O–H groups in total. The zero-order valence-electron chi connectivity index (χ0n) is 14.0. The number of amides is 2. The number of nitrogens with one attached hydrogen (secondary N) is 3. The van der Waals surface area contributed by atoms with Crippen molar-refractivity contribution in [3.05, 3.63) is 52.8 Å². The van der Waals surface area contributed by atoms with Crippen molar-refractivity contribution in [2.24, 2.45) is 0 Å². The highest BCUT2D eigenvalue weighted by Crippen LogP contribution is 2.21. The van der Waals surface area contributed by atoms with Gasteiger partial charge in [0.15, 0.2) is 0 Å². The van der Waals surface area contributed by atoms with Crippen LogP contribution < -0.4 is 16.0 Å². The van der Waals surface area contributed by atoms with Crippen molar-refractivity contribution >= 4 is 40.5 Å². The lowest BCUT2D eigenvalue weighted by Gasteiger charge is -2.12. The van der Waals surface area contributed by atoms with Gasteiger partial charge in [0.2, 0.25) is 11.8 Å². The lowest BCUT2D eigenvalue weighted by Crippen LogP contribution is -2.22. The Morgan fingerprint density at radius 1 is 1.04 bits per heavy atom. The standard InChI is InChI=1S/C18H19ClFN3O2/c1-3-17(24)23-16-9-13(5-4-11(16)2)22-18(25)10-21-12-6-7-15(20)14(19)8-12/h4-9,21H,3,10H2,1-2H3,(H,22,25)(H,23,24). The molecule has 2 amide bonds. The molecule has 0 fully saturated rings. The predicted octanol–water partition coefficient (Wildman–Crippen LogP) is 4.19. The second-order valence-corrected chi connectivity index (χ2v) is 5.87. The second-order valence-electron chi connectivity index (χ2n) is 5.46. The Morgan fingerprint density at radius 2 is 1.76 bits per heavy atom. The molecule has 0 unspecified atom stereocenters. The van der Waals surface area contributed by atoms with Gasteiger partial charge >= 0.3 is 0 Å². The fourth-order valence-corrected chi connectivity index (χ4v) is 2.25. The number of halogens is 2. The van der Waals surface area contributed by atoms with E-state index in [0.29, 0.717) is 23.5 Å². The first-order valence-corrected chi connectivity index (χ1v) is 8.16. The highest BCUT2D eigenvalue weighted by Gasteiger charge is 2.07. The van der Waals surface area contributed by atoms with Crippen molar-refractivity contribution in [3.63, 3.8) is 0 Å². The van der Waals surface area contributed by atoms with E-state index in [4.69, 9.17) is 11.6 Å². The average molecular weight is 364 g/mol. The first-order chi connectivity index (χ1) is 11.9. The number of hydrogen-bond acceptors (Lipinski definition) is 3. The van der Waals surface area contributed by atoms with E-state index in [1.165, 1.54) is 18.2 Å². The molecule has 0 atom stereocenters. The zero-order valence-corrected chi connectivity index (χ0v) is 14.7. The summed E-state index contributed by atoms with van der Waals surface area (Å²) in [4.78, 5) is 23.6. The average Bonchev–Trinajstić information content (AvgIpc) is 2.58. The summed E-state index contributed by atoms with van der Waals surface area (Å²) < 4.78 is 13.1. The lowest BCUT2D eigenvalue weighted by atomic mass is 10.1. The van der Waals surface area contributed by atoms with Gasteiger partial charge in [0, 0.05) is 23.5 Å². The maximum atomic E-state index is 13.1. The van der Waals surface area contributed by atoms with Gasteiger partial charge in [-0.3, -0.25) is 9.59 Å². The van der Waals surface area contributed by atoms with Crippen LogP contribution in [0.1, 0.15) is 18.9 Å². The predicted molar refractivity (Wildman–Crippen MR) is 98.6 cm³/mol. The number of anilines is 3. The lowest BCUT2D eigenvalue weighted by molar-refractivity contribution is -0.116. The van der Waals surface area contributed by atoms with Gasteiger partial charge in [0.25, 0.3) is 0 Å². The molecule has 7 heteroatoms. The quantitative estimate of drug-likeness (QED) is 0.720. The molecule has 0 saturated carbocycles. The van der Waals surface area contributed by atoms with Gasteiger partial charge in [0.05, 0.1) is 11.6 Å². The Kier molecular flexibility index (Phi) is 6.36. The summed E-state index contributed by atoms with van der Waals surface area (Å²) in [7, 11) is 0. The van der Waals surface area contributed by atoms with Crippen molar-refractivity contribution in [1.29, 1.82) is 0 Å². The Labute approximate surface area is 150 Å². The van der Waals surface area contributed by atoms with Gasteiger partial charge < -0.3 is 16.0 Å². The molecule has 0 aliphatic rings. The van der Waals surface area contributed by atoms with E-state index in [-0.39, 0.29) is 23.4 Å². The van der Waals surface area contributed by atoms with Gasteiger partial charge in [-0.1, -0.05) is 24.6 Å². The van der Waals surface area contributed by atoms with Crippen LogP contribution in [-0.2, 0) is 9.59 Å². The molecule has 132 valence electrons. The fourth-order valence-electron chi connectivity index (χ4n) is 2.07. The molecule has 2 rings (SSSR count). The minimum absolute atomic E-state index is 0.00745. The summed E-state index contributed by atoms with van der Waals surface area (Å²) in [6.07, 6.45) is 0.375. The van der Waals surface area contributed by atoms with Crippen LogP contribution in [0.5, 0.6) is 0 Å². The highest BCUT2D eigenvalue weighted by molar-refractivity contribution is 6.31. The summed E-state index contributed by atoms with van der Waals surface area (Å²) in [6.45, 7) is 3.63. The molecular weight excluding hydrogens is 345 g/mol. The number of hydrogen-bond donors (Lipinski definition) is 3. The van der Waals surface area contributed by atoms with Crippen LogP contribution in [0.3, 0.4) is 0 Å². The smallest absolute Gasteiger partial charge is 0.243 e. The van der Waals surface area contributed by atoms with Crippen LogP contribution >= 0.6 is 11.6 Å². The summed E-state index contributed by atoms with van der Waals surface area (Å²) in [5, 5.41) is 8.38. The fraction of sp³-hybridized carbons (Fsp3) is 0.222. The summed E-state index contributed by atoms with van der Waals surface area (Å²) in [5.74, 6) is -0.892. The molecule has 5 nitrogen and oxygen atoms in total. The number of benzene rings is 2. The van der Waals surface area contributed by atoms with E-state index in [2.05, 4.69) is 16.0 Å². The van der Waals surface area contributed by atoms with Crippen molar-refractivity contribution < 1.29 is 14.0 Å². The molecule has 2 aromatic carbocycles. The maximum absolute atomic E-state index is 13.1. The van der Waals surface area contributed by atoms with Gasteiger partial charge in [-0.05, 0) is 42.8 Å². The van der Waals surface area contributed by atoms with Gasteiger partial charge in [-0.15, -0.1) is 0 Å². The van der Waals surface area contributed by atoms with E-state index >= 15 is 0 Å². The Balaban J connectivity index is 1.96. The van der Waals surface area contributed by atoms with Gasteiger partial charge in [-0.25, -0.2) is 4.39 Å². The molecular formula is C18H19ClFN3O2. The van der Waals surface area contributed by atoms with Gasteiger partial charge in [-0.2, -0.15) is 0 Å². The highest BCUT2D eigenvalue weighted by atomic mass is 35.5. The van der Waals surface area contributed by atoms with Crippen molar-refractivity contribution in [2.45, 2.75) is 20.3 Å². The first-order valence-electron chi connectivity index (χ1n) is 7.78. The first kappa shape index (κ1) is 18.7. The maximum Gasteiger partial charge on any atom is 0.243 e. The summed E-state index contributed by atoms with van der Waals surface area (Å²) in [5.41, 5.74) is 2.67. The third kappa shape index (κ3) is 5.46. The van der Waals surface area contributed by atoms with Crippen LogP contribution in [0.25, 0.3) is 0 Å². The van der Waals surface area contributed by atoms with Crippen molar-refractivity contribution in [2.75, 3.05) is 22.5 Å². The Bertz CT molecular complexity index is 796. The van der Waals surface area contributed by atoms with E-state index in [1.54, 1.807) is 19.1 Å². The summed E-state index contributed by atoms with van der Waals surface area (Å²) in [6, 6.07) is 9.41. The second kappa shape index (κ2) is 8.48. The SMILES string of the molecule is CCC(=O)Nc1cc(NC(=O)CNc2ccc(F)c(Cl)c2)ccc1C. The van der Waals surface area contributed by atoms with Crippen molar-refractivity contribution in [1.82, 2.24) is 0 Å². The topological polar surface area (TPSA) is 70.2 Å². The summed E-state index contributed by atoms with van der Waals surface area (Å²) >= 11 is 5.69. The van der Waals surface area contributed by atoms with E-state index in [0.717, 1.165) is 5.56 Å². The Morgan fingerprint density at radius 3 is 2.44 bits per heavy atom. The molecule has 2 aromatic rings. The molecule has 0 heterocycles. The van der Waals surface area contributed by atoms with Crippen molar-refractivity contribution in [3.8, 4) is 0 Å². The Hall–Kier alpha value is -2.60. The number of aryl methyl sites for hydroxylation is 1. The number of rotatable bonds is 6.